The smallest absolute Gasteiger partial charge is 0.302 e. The molecular weight excluding hydrogens is 408 g/mol. The van der Waals surface area contributed by atoms with Crippen molar-refractivity contribution in [3.05, 3.63) is 11.6 Å². The van der Waals surface area contributed by atoms with Gasteiger partial charge in [-0.2, -0.15) is 0 Å². The zero-order valence-electron chi connectivity index (χ0n) is 20.2. The summed E-state index contributed by atoms with van der Waals surface area (Å²) in [5, 5.41) is 0. The van der Waals surface area contributed by atoms with E-state index in [0.29, 0.717) is 31.0 Å². The third-order valence-electron chi connectivity index (χ3n) is 9.33. The van der Waals surface area contributed by atoms with Gasteiger partial charge in [0.05, 0.1) is 6.61 Å². The van der Waals surface area contributed by atoms with Gasteiger partial charge < -0.3 is 14.2 Å². The summed E-state index contributed by atoms with van der Waals surface area (Å²) in [5.74, 6) is 0.346. The number of fused-ring (bicyclic) bond motifs is 3. The van der Waals surface area contributed by atoms with Crippen LogP contribution >= 0.6 is 0 Å². The first-order valence-electron chi connectivity index (χ1n) is 12.2. The Labute approximate surface area is 191 Å². The van der Waals surface area contributed by atoms with Crippen molar-refractivity contribution in [2.24, 2.45) is 34.0 Å². The summed E-state index contributed by atoms with van der Waals surface area (Å²) in [5.41, 5.74) is 0.954. The van der Waals surface area contributed by atoms with Gasteiger partial charge in [0.2, 0.25) is 0 Å². The zero-order valence-corrected chi connectivity index (χ0v) is 20.2. The summed E-state index contributed by atoms with van der Waals surface area (Å²) >= 11 is 0. The lowest BCUT2D eigenvalue weighted by molar-refractivity contribution is -0.211. The van der Waals surface area contributed by atoms with Crippen LogP contribution in [-0.4, -0.2) is 37.2 Å². The maximum atomic E-state index is 12.2. The fourth-order valence-electron chi connectivity index (χ4n) is 8.20. The fraction of sp³-hybridized carbons (Fsp3) is 0.808. The molecule has 4 rings (SSSR count). The maximum Gasteiger partial charge on any atom is 0.302 e. The number of carbonyl (C=O) groups is 3. The Morgan fingerprint density at radius 3 is 2.34 bits per heavy atom. The van der Waals surface area contributed by atoms with Crippen LogP contribution in [0.1, 0.15) is 79.6 Å². The van der Waals surface area contributed by atoms with Gasteiger partial charge in [-0.1, -0.05) is 26.3 Å². The van der Waals surface area contributed by atoms with Crippen LogP contribution in [-0.2, 0) is 28.6 Å². The van der Waals surface area contributed by atoms with Gasteiger partial charge in [-0.05, 0) is 67.3 Å². The third-order valence-corrected chi connectivity index (χ3v) is 9.33. The van der Waals surface area contributed by atoms with Crippen molar-refractivity contribution in [2.45, 2.75) is 85.7 Å². The Morgan fingerprint density at radius 1 is 0.969 bits per heavy atom. The van der Waals surface area contributed by atoms with E-state index < -0.39 is 0 Å². The Kier molecular flexibility index (Phi) is 5.96. The number of carbonyl (C=O) groups excluding carboxylic acids is 3. The number of esters is 3. The average molecular weight is 447 g/mol. The summed E-state index contributed by atoms with van der Waals surface area (Å²) in [6.45, 7) is 9.86. The molecule has 0 aromatic rings. The second-order valence-electron chi connectivity index (χ2n) is 11.3. The molecule has 0 radical (unpaired) electrons. The molecule has 7 atom stereocenters. The van der Waals surface area contributed by atoms with Crippen LogP contribution in [0.3, 0.4) is 0 Å². The average Bonchev–Trinajstić information content (AvgIpc) is 2.97. The lowest BCUT2D eigenvalue weighted by atomic mass is 9.40. The second-order valence-corrected chi connectivity index (χ2v) is 11.3. The predicted molar refractivity (Wildman–Crippen MR) is 118 cm³/mol. The van der Waals surface area contributed by atoms with Crippen LogP contribution in [0.5, 0.6) is 0 Å². The molecule has 0 amide bonds. The minimum Gasteiger partial charge on any atom is -0.465 e. The number of hydrogen-bond acceptors (Lipinski definition) is 6. The predicted octanol–water partition coefficient (Wildman–Crippen LogP) is 4.60. The number of hydrogen-bond donors (Lipinski definition) is 0. The Hall–Kier alpha value is -1.85. The molecule has 3 fully saturated rings. The summed E-state index contributed by atoms with van der Waals surface area (Å²) in [4.78, 5) is 35.3. The standard InChI is InChI=1S/C26H38O6/c1-16(27)30-14-20-13-26-12-19(20)7-8-21(26)25(5)10-6-9-24(4,15-31-17(2)28)22(25)11-23(26)32-18(3)29/h13,19,21-23H,6-12,14-15H2,1-5H3/t19-,21+,22-,23+,24-,25+,26-/m1/s1. The van der Waals surface area contributed by atoms with E-state index in [1.165, 1.54) is 26.3 Å². The monoisotopic (exact) mass is 446 g/mol. The molecule has 178 valence electrons. The van der Waals surface area contributed by atoms with Gasteiger partial charge in [-0.3, -0.25) is 14.4 Å². The molecular formula is C26H38O6. The van der Waals surface area contributed by atoms with Gasteiger partial charge >= 0.3 is 17.9 Å². The maximum absolute atomic E-state index is 12.2. The van der Waals surface area contributed by atoms with E-state index in [4.69, 9.17) is 14.2 Å². The lowest BCUT2D eigenvalue weighted by Gasteiger charge is -2.65. The molecule has 6 nitrogen and oxygen atoms in total. The lowest BCUT2D eigenvalue weighted by Crippen LogP contribution is -2.62. The molecule has 2 bridgehead atoms. The van der Waals surface area contributed by atoms with Crippen LogP contribution in [0.4, 0.5) is 0 Å². The van der Waals surface area contributed by atoms with E-state index in [0.717, 1.165) is 44.9 Å². The molecule has 6 heteroatoms. The third kappa shape index (κ3) is 3.77. The van der Waals surface area contributed by atoms with Gasteiger partial charge in [0.25, 0.3) is 0 Å². The van der Waals surface area contributed by atoms with Crippen molar-refractivity contribution in [3.63, 3.8) is 0 Å². The summed E-state index contributed by atoms with van der Waals surface area (Å²) < 4.78 is 17.0. The fourth-order valence-corrected chi connectivity index (χ4v) is 8.20. The minimum atomic E-state index is -0.262. The molecule has 32 heavy (non-hydrogen) atoms. The van der Waals surface area contributed by atoms with Gasteiger partial charge in [0.15, 0.2) is 0 Å². The van der Waals surface area contributed by atoms with Gasteiger partial charge in [-0.25, -0.2) is 0 Å². The molecule has 3 saturated carbocycles. The van der Waals surface area contributed by atoms with E-state index in [1.54, 1.807) is 0 Å². The van der Waals surface area contributed by atoms with Crippen LogP contribution in [0.25, 0.3) is 0 Å². The molecule has 0 N–H and O–H groups in total. The Bertz CT molecular complexity index is 832. The first kappa shape index (κ1) is 23.3. The van der Waals surface area contributed by atoms with E-state index in [-0.39, 0.29) is 40.3 Å². The van der Waals surface area contributed by atoms with Crippen LogP contribution in [0.2, 0.25) is 0 Å². The summed E-state index contributed by atoms with van der Waals surface area (Å²) in [6, 6.07) is 0. The molecule has 0 heterocycles. The quantitative estimate of drug-likeness (QED) is 0.349. The summed E-state index contributed by atoms with van der Waals surface area (Å²) in [7, 11) is 0. The molecule has 4 aliphatic rings. The highest BCUT2D eigenvalue weighted by Crippen LogP contribution is 2.71. The largest absolute Gasteiger partial charge is 0.465 e. The van der Waals surface area contributed by atoms with Crippen LogP contribution < -0.4 is 0 Å². The molecule has 0 aliphatic heterocycles. The van der Waals surface area contributed by atoms with Gasteiger partial charge in [-0.15, -0.1) is 0 Å². The first-order chi connectivity index (χ1) is 15.0. The molecule has 0 saturated heterocycles. The first-order valence-corrected chi connectivity index (χ1v) is 12.2. The molecule has 1 spiro atoms. The van der Waals surface area contributed by atoms with Crippen molar-refractivity contribution < 1.29 is 28.6 Å². The topological polar surface area (TPSA) is 78.9 Å². The SMILES string of the molecule is CC(=O)OCC1=C[C@]23C[C@H]1CC[C@H]2[C@]1(C)CCC[C@](C)(COC(C)=O)[C@H]1C[C@@H]3OC(C)=O. The molecule has 0 aromatic carbocycles. The highest BCUT2D eigenvalue weighted by atomic mass is 16.5. The highest BCUT2D eigenvalue weighted by molar-refractivity contribution is 5.67. The zero-order chi connectivity index (χ0) is 23.3. The Morgan fingerprint density at radius 2 is 1.69 bits per heavy atom. The van der Waals surface area contributed by atoms with E-state index in [2.05, 4.69) is 19.9 Å². The number of rotatable bonds is 5. The van der Waals surface area contributed by atoms with Crippen molar-refractivity contribution in [2.75, 3.05) is 13.2 Å². The molecule has 0 aromatic heterocycles. The van der Waals surface area contributed by atoms with Crippen molar-refractivity contribution in [1.82, 2.24) is 0 Å². The molecule has 4 aliphatic carbocycles. The molecule has 0 unspecified atom stereocenters. The Balaban J connectivity index is 1.73. The van der Waals surface area contributed by atoms with E-state index >= 15 is 0 Å². The van der Waals surface area contributed by atoms with Crippen LogP contribution in [0, 0.1) is 34.0 Å². The van der Waals surface area contributed by atoms with Crippen LogP contribution in [0.15, 0.2) is 11.6 Å². The van der Waals surface area contributed by atoms with Gasteiger partial charge in [0, 0.05) is 31.6 Å². The van der Waals surface area contributed by atoms with Crippen molar-refractivity contribution in [1.29, 1.82) is 0 Å². The van der Waals surface area contributed by atoms with Gasteiger partial charge in [0.1, 0.15) is 12.7 Å². The number of ether oxygens (including phenoxy) is 3. The second kappa shape index (κ2) is 8.18. The highest BCUT2D eigenvalue weighted by Gasteiger charge is 2.67. The van der Waals surface area contributed by atoms with E-state index in [9.17, 15) is 14.4 Å². The van der Waals surface area contributed by atoms with Crippen molar-refractivity contribution in [3.8, 4) is 0 Å². The normalized spacial score (nSPS) is 42.2. The summed E-state index contributed by atoms with van der Waals surface area (Å²) in [6.07, 6.45) is 9.33. The van der Waals surface area contributed by atoms with E-state index in [1.807, 2.05) is 0 Å². The minimum absolute atomic E-state index is 0.0855. The van der Waals surface area contributed by atoms with Crippen molar-refractivity contribution >= 4 is 17.9 Å².